The van der Waals surface area contributed by atoms with E-state index in [0.29, 0.717) is 32.1 Å². The molecule has 2 saturated heterocycles. The van der Waals surface area contributed by atoms with Crippen LogP contribution < -0.4 is 0 Å². The molecular formula is C21H19F3N2O2. The third-order valence-electron chi connectivity index (χ3n) is 5.51. The van der Waals surface area contributed by atoms with Gasteiger partial charge in [0.2, 0.25) is 11.8 Å². The molecule has 4 nitrogen and oxygen atoms in total. The van der Waals surface area contributed by atoms with Gasteiger partial charge in [-0.3, -0.25) is 19.4 Å². The number of imide groups is 1. The maximum Gasteiger partial charge on any atom is 0.234 e. The molecule has 146 valence electrons. The van der Waals surface area contributed by atoms with Crippen molar-refractivity contribution >= 4 is 11.8 Å². The van der Waals surface area contributed by atoms with E-state index in [0.717, 1.165) is 11.6 Å². The molecule has 4 rings (SSSR count). The first kappa shape index (κ1) is 18.7. The van der Waals surface area contributed by atoms with E-state index < -0.39 is 29.3 Å². The first-order chi connectivity index (χ1) is 13.4. The summed E-state index contributed by atoms with van der Waals surface area (Å²) in [5.74, 6) is -4.53. The van der Waals surface area contributed by atoms with Gasteiger partial charge in [-0.05, 0) is 18.1 Å². The Morgan fingerprint density at radius 3 is 2.11 bits per heavy atom. The largest absolute Gasteiger partial charge is 0.297 e. The summed E-state index contributed by atoms with van der Waals surface area (Å²) in [5, 5.41) is 0. The van der Waals surface area contributed by atoms with Gasteiger partial charge < -0.3 is 0 Å². The van der Waals surface area contributed by atoms with E-state index in [1.807, 2.05) is 30.3 Å². The minimum atomic E-state index is -1.24. The van der Waals surface area contributed by atoms with Crippen molar-refractivity contribution in [2.75, 3.05) is 19.6 Å². The summed E-state index contributed by atoms with van der Waals surface area (Å²) in [6.07, 6.45) is 0.599. The van der Waals surface area contributed by atoms with Gasteiger partial charge in [0.05, 0.1) is 11.8 Å². The van der Waals surface area contributed by atoms with Crippen LogP contribution in [0.4, 0.5) is 13.2 Å². The molecule has 28 heavy (non-hydrogen) atoms. The standard InChI is InChI=1S/C21H19F3N2O2/c22-17-9-19(24)18(23)8-14(17)10-25-11-15-16(12-25)21(28)26(20(15)27)7-6-13-4-2-1-3-5-13/h1-5,8-9,15-16H,6-7,10-12H2/t15-,16+. The SMILES string of the molecule is O=C1[C@H]2CN(Cc3cc(F)c(F)cc3F)C[C@H]2C(=O)N1CCc1ccccc1. The van der Waals surface area contributed by atoms with E-state index in [4.69, 9.17) is 0 Å². The second kappa shape index (κ2) is 7.39. The van der Waals surface area contributed by atoms with Crippen LogP contribution in [0.15, 0.2) is 42.5 Å². The third kappa shape index (κ3) is 3.42. The Labute approximate surface area is 160 Å². The van der Waals surface area contributed by atoms with Gasteiger partial charge in [-0.15, -0.1) is 0 Å². The van der Waals surface area contributed by atoms with E-state index in [1.54, 1.807) is 4.90 Å². The number of nitrogens with zero attached hydrogens (tertiary/aromatic N) is 2. The first-order valence-corrected chi connectivity index (χ1v) is 9.19. The van der Waals surface area contributed by atoms with Gasteiger partial charge in [0.15, 0.2) is 11.6 Å². The number of fused-ring (bicyclic) bond motifs is 1. The Kier molecular flexibility index (Phi) is 4.93. The van der Waals surface area contributed by atoms with E-state index >= 15 is 0 Å². The summed E-state index contributed by atoms with van der Waals surface area (Å²) in [7, 11) is 0. The topological polar surface area (TPSA) is 40.6 Å². The number of halogens is 3. The lowest BCUT2D eigenvalue weighted by molar-refractivity contribution is -0.140. The van der Waals surface area contributed by atoms with Crippen molar-refractivity contribution in [3.05, 3.63) is 71.0 Å². The average molecular weight is 388 g/mol. The molecule has 0 radical (unpaired) electrons. The number of amides is 2. The summed E-state index contributed by atoms with van der Waals surface area (Å²) in [5.41, 5.74) is 1.07. The Morgan fingerprint density at radius 1 is 0.857 bits per heavy atom. The zero-order chi connectivity index (χ0) is 19.8. The monoisotopic (exact) mass is 388 g/mol. The molecule has 2 aliphatic heterocycles. The lowest BCUT2D eigenvalue weighted by atomic mass is 10.00. The van der Waals surface area contributed by atoms with Gasteiger partial charge in [-0.1, -0.05) is 30.3 Å². The number of likely N-dealkylation sites (tertiary alicyclic amines) is 2. The number of hydrogen-bond acceptors (Lipinski definition) is 3. The van der Waals surface area contributed by atoms with Gasteiger partial charge in [0.1, 0.15) is 5.82 Å². The molecule has 0 saturated carbocycles. The van der Waals surface area contributed by atoms with Crippen LogP contribution in [0.5, 0.6) is 0 Å². The van der Waals surface area contributed by atoms with Crippen molar-refractivity contribution in [1.29, 1.82) is 0 Å². The van der Waals surface area contributed by atoms with Gasteiger partial charge in [-0.25, -0.2) is 13.2 Å². The average Bonchev–Trinajstić information content (AvgIpc) is 3.18. The van der Waals surface area contributed by atoms with Crippen molar-refractivity contribution in [3.8, 4) is 0 Å². The molecule has 0 aromatic heterocycles. The van der Waals surface area contributed by atoms with E-state index in [2.05, 4.69) is 0 Å². The molecule has 2 fully saturated rings. The molecule has 2 aliphatic rings. The van der Waals surface area contributed by atoms with Gasteiger partial charge in [-0.2, -0.15) is 0 Å². The molecule has 0 bridgehead atoms. The molecule has 2 heterocycles. The van der Waals surface area contributed by atoms with Crippen LogP contribution in [0.2, 0.25) is 0 Å². The summed E-state index contributed by atoms with van der Waals surface area (Å²) in [6.45, 7) is 0.970. The molecule has 7 heteroatoms. The van der Waals surface area contributed by atoms with Crippen molar-refractivity contribution in [2.45, 2.75) is 13.0 Å². The molecule has 2 atom stereocenters. The van der Waals surface area contributed by atoms with Crippen LogP contribution in [0.3, 0.4) is 0 Å². The van der Waals surface area contributed by atoms with Crippen molar-refractivity contribution in [3.63, 3.8) is 0 Å². The lowest BCUT2D eigenvalue weighted by Gasteiger charge is -2.21. The van der Waals surface area contributed by atoms with E-state index in [-0.39, 0.29) is 23.9 Å². The quantitative estimate of drug-likeness (QED) is 0.584. The summed E-state index contributed by atoms with van der Waals surface area (Å²) in [4.78, 5) is 28.4. The number of benzene rings is 2. The summed E-state index contributed by atoms with van der Waals surface area (Å²) >= 11 is 0. The fraction of sp³-hybridized carbons (Fsp3) is 0.333. The zero-order valence-electron chi connectivity index (χ0n) is 15.1. The second-order valence-corrected chi connectivity index (χ2v) is 7.33. The molecule has 0 spiro atoms. The highest BCUT2D eigenvalue weighted by Crippen LogP contribution is 2.34. The Bertz CT molecular complexity index is 895. The predicted octanol–water partition coefficient (Wildman–Crippen LogP) is 2.76. The third-order valence-corrected chi connectivity index (χ3v) is 5.51. The maximum absolute atomic E-state index is 13.9. The highest BCUT2D eigenvalue weighted by Gasteiger charge is 2.51. The van der Waals surface area contributed by atoms with Gasteiger partial charge in [0, 0.05) is 37.8 Å². The number of carbonyl (C=O) groups is 2. The highest BCUT2D eigenvalue weighted by atomic mass is 19.2. The Hall–Kier alpha value is -2.67. The number of hydrogen-bond donors (Lipinski definition) is 0. The molecule has 0 unspecified atom stereocenters. The predicted molar refractivity (Wildman–Crippen MR) is 95.4 cm³/mol. The minimum Gasteiger partial charge on any atom is -0.297 e. The van der Waals surface area contributed by atoms with Crippen LogP contribution in [-0.2, 0) is 22.6 Å². The second-order valence-electron chi connectivity index (χ2n) is 7.33. The van der Waals surface area contributed by atoms with Crippen LogP contribution in [0, 0.1) is 29.3 Å². The summed E-state index contributed by atoms with van der Waals surface area (Å²) < 4.78 is 40.3. The molecule has 2 aromatic rings. The fourth-order valence-electron chi connectivity index (χ4n) is 4.06. The summed E-state index contributed by atoms with van der Waals surface area (Å²) in [6, 6.07) is 11.0. The number of rotatable bonds is 5. The van der Waals surface area contributed by atoms with Crippen LogP contribution >= 0.6 is 0 Å². The lowest BCUT2D eigenvalue weighted by Crippen LogP contribution is -2.37. The molecule has 2 aromatic carbocycles. The van der Waals surface area contributed by atoms with Crippen molar-refractivity contribution < 1.29 is 22.8 Å². The highest BCUT2D eigenvalue weighted by molar-refractivity contribution is 6.05. The molecule has 0 N–H and O–H groups in total. The van der Waals surface area contributed by atoms with Crippen molar-refractivity contribution in [2.24, 2.45) is 11.8 Å². The van der Waals surface area contributed by atoms with Crippen LogP contribution in [-0.4, -0.2) is 41.2 Å². The van der Waals surface area contributed by atoms with E-state index in [9.17, 15) is 22.8 Å². The smallest absolute Gasteiger partial charge is 0.234 e. The fourth-order valence-corrected chi connectivity index (χ4v) is 4.06. The van der Waals surface area contributed by atoms with Crippen LogP contribution in [0.25, 0.3) is 0 Å². The van der Waals surface area contributed by atoms with E-state index in [1.165, 1.54) is 4.90 Å². The van der Waals surface area contributed by atoms with Crippen LogP contribution in [0.1, 0.15) is 11.1 Å². The Balaban J connectivity index is 1.40. The zero-order valence-corrected chi connectivity index (χ0v) is 15.1. The Morgan fingerprint density at radius 2 is 1.46 bits per heavy atom. The normalized spacial score (nSPS) is 22.2. The molecular weight excluding hydrogens is 369 g/mol. The van der Waals surface area contributed by atoms with Gasteiger partial charge >= 0.3 is 0 Å². The maximum atomic E-state index is 13.9. The molecule has 2 amide bonds. The van der Waals surface area contributed by atoms with Gasteiger partial charge in [0.25, 0.3) is 0 Å². The van der Waals surface area contributed by atoms with Crippen molar-refractivity contribution in [1.82, 2.24) is 9.80 Å². The minimum absolute atomic E-state index is 0.0136. The number of carbonyl (C=O) groups excluding carboxylic acids is 2. The first-order valence-electron chi connectivity index (χ1n) is 9.19. The molecule has 0 aliphatic carbocycles.